The minimum Gasteiger partial charge on any atom is -0.322 e. The van der Waals surface area contributed by atoms with Crippen molar-refractivity contribution >= 4 is 33.1 Å². The van der Waals surface area contributed by atoms with Crippen molar-refractivity contribution in [2.75, 3.05) is 5.32 Å². The number of fused-ring (bicyclic) bond motifs is 1. The van der Waals surface area contributed by atoms with Crippen LogP contribution in [-0.4, -0.2) is 21.1 Å². The SMILES string of the molecule is Cc1nc2ccc(NC(=O)c3cn[nH]c3-c3ccccc3)cc2s1. The maximum absolute atomic E-state index is 12.6. The molecular formula is C18H14N4OS. The average molecular weight is 334 g/mol. The van der Waals surface area contributed by atoms with Crippen LogP contribution in [0.3, 0.4) is 0 Å². The van der Waals surface area contributed by atoms with Crippen LogP contribution in [0, 0.1) is 6.92 Å². The van der Waals surface area contributed by atoms with Crippen molar-refractivity contribution in [1.29, 1.82) is 0 Å². The highest BCUT2D eigenvalue weighted by Crippen LogP contribution is 2.26. The van der Waals surface area contributed by atoms with Crippen LogP contribution in [-0.2, 0) is 0 Å². The van der Waals surface area contributed by atoms with Crippen molar-refractivity contribution in [3.8, 4) is 11.3 Å². The maximum atomic E-state index is 12.6. The van der Waals surface area contributed by atoms with Gasteiger partial charge in [0.05, 0.1) is 32.7 Å². The van der Waals surface area contributed by atoms with Crippen LogP contribution in [0.4, 0.5) is 5.69 Å². The number of aryl methyl sites for hydroxylation is 1. The van der Waals surface area contributed by atoms with E-state index >= 15 is 0 Å². The molecule has 2 aromatic heterocycles. The Bertz CT molecular complexity index is 1020. The Kier molecular flexibility index (Phi) is 3.59. The largest absolute Gasteiger partial charge is 0.322 e. The van der Waals surface area contributed by atoms with Crippen molar-refractivity contribution < 1.29 is 4.79 Å². The van der Waals surface area contributed by atoms with Gasteiger partial charge in [-0.15, -0.1) is 11.3 Å². The first kappa shape index (κ1) is 14.6. The van der Waals surface area contributed by atoms with Gasteiger partial charge in [-0.2, -0.15) is 5.10 Å². The van der Waals surface area contributed by atoms with E-state index in [1.165, 1.54) is 0 Å². The highest BCUT2D eigenvalue weighted by Gasteiger charge is 2.15. The molecule has 0 unspecified atom stereocenters. The minimum atomic E-state index is -0.191. The third-order valence-electron chi connectivity index (χ3n) is 3.70. The fourth-order valence-electron chi connectivity index (χ4n) is 2.60. The van der Waals surface area contributed by atoms with E-state index in [2.05, 4.69) is 20.5 Å². The predicted octanol–water partition coefficient (Wildman–Crippen LogP) is 4.25. The van der Waals surface area contributed by atoms with E-state index in [0.717, 1.165) is 26.5 Å². The zero-order valence-corrected chi connectivity index (χ0v) is 13.7. The van der Waals surface area contributed by atoms with Crippen LogP contribution in [0.15, 0.2) is 54.7 Å². The van der Waals surface area contributed by atoms with E-state index in [-0.39, 0.29) is 5.91 Å². The summed E-state index contributed by atoms with van der Waals surface area (Å²) in [5.74, 6) is -0.191. The third-order valence-corrected chi connectivity index (χ3v) is 4.63. The normalized spacial score (nSPS) is 10.9. The number of nitrogens with zero attached hydrogens (tertiary/aromatic N) is 2. The Morgan fingerprint density at radius 1 is 1.17 bits per heavy atom. The second-order valence-corrected chi connectivity index (χ2v) is 6.63. The van der Waals surface area contributed by atoms with E-state index in [9.17, 15) is 4.79 Å². The number of aromatic nitrogens is 3. The molecule has 24 heavy (non-hydrogen) atoms. The summed E-state index contributed by atoms with van der Waals surface area (Å²) in [6.07, 6.45) is 1.55. The predicted molar refractivity (Wildman–Crippen MR) is 96.3 cm³/mol. The quantitative estimate of drug-likeness (QED) is 0.588. The lowest BCUT2D eigenvalue weighted by Gasteiger charge is -2.06. The molecule has 0 atom stereocenters. The van der Waals surface area contributed by atoms with Crippen LogP contribution in [0.5, 0.6) is 0 Å². The van der Waals surface area contributed by atoms with Crippen molar-refractivity contribution in [2.45, 2.75) is 6.92 Å². The molecule has 0 fully saturated rings. The number of rotatable bonds is 3. The molecule has 5 nitrogen and oxygen atoms in total. The number of anilines is 1. The van der Waals surface area contributed by atoms with Crippen LogP contribution in [0.2, 0.25) is 0 Å². The number of H-pyrrole nitrogens is 1. The van der Waals surface area contributed by atoms with Gasteiger partial charge in [0.1, 0.15) is 0 Å². The summed E-state index contributed by atoms with van der Waals surface area (Å²) in [4.78, 5) is 17.1. The van der Waals surface area contributed by atoms with Gasteiger partial charge in [-0.3, -0.25) is 9.89 Å². The van der Waals surface area contributed by atoms with Gasteiger partial charge < -0.3 is 5.32 Å². The molecule has 2 aromatic carbocycles. The number of nitrogens with one attached hydrogen (secondary N) is 2. The van der Waals surface area contributed by atoms with Gasteiger partial charge in [0.2, 0.25) is 0 Å². The number of carbonyl (C=O) groups is 1. The van der Waals surface area contributed by atoms with Gasteiger partial charge in [0, 0.05) is 11.3 Å². The molecule has 4 rings (SSSR count). The highest BCUT2D eigenvalue weighted by atomic mass is 32.1. The molecule has 6 heteroatoms. The van der Waals surface area contributed by atoms with E-state index in [0.29, 0.717) is 11.3 Å². The van der Waals surface area contributed by atoms with Crippen LogP contribution in [0.25, 0.3) is 21.5 Å². The van der Waals surface area contributed by atoms with E-state index in [1.54, 1.807) is 17.5 Å². The molecule has 0 saturated carbocycles. The van der Waals surface area contributed by atoms with Crippen molar-refractivity contribution in [3.05, 3.63) is 65.3 Å². The Balaban J connectivity index is 1.63. The van der Waals surface area contributed by atoms with Crippen molar-refractivity contribution in [1.82, 2.24) is 15.2 Å². The molecule has 2 heterocycles. The van der Waals surface area contributed by atoms with Crippen molar-refractivity contribution in [3.63, 3.8) is 0 Å². The minimum absolute atomic E-state index is 0.191. The topological polar surface area (TPSA) is 70.7 Å². The molecule has 0 aliphatic rings. The zero-order valence-electron chi connectivity index (χ0n) is 12.9. The first-order valence-corrected chi connectivity index (χ1v) is 8.30. The summed E-state index contributed by atoms with van der Waals surface area (Å²) in [5, 5.41) is 10.9. The molecule has 0 aliphatic heterocycles. The van der Waals surface area contributed by atoms with Crippen LogP contribution in [0.1, 0.15) is 15.4 Å². The fourth-order valence-corrected chi connectivity index (χ4v) is 3.47. The summed E-state index contributed by atoms with van der Waals surface area (Å²) < 4.78 is 1.06. The van der Waals surface area contributed by atoms with Gasteiger partial charge in [-0.25, -0.2) is 4.98 Å². The Morgan fingerprint density at radius 3 is 2.83 bits per heavy atom. The first-order chi connectivity index (χ1) is 11.7. The van der Waals surface area contributed by atoms with E-state index in [1.807, 2.05) is 55.5 Å². The number of carbonyl (C=O) groups excluding carboxylic acids is 1. The van der Waals surface area contributed by atoms with Gasteiger partial charge in [0.25, 0.3) is 5.91 Å². The summed E-state index contributed by atoms with van der Waals surface area (Å²) in [6.45, 7) is 1.97. The van der Waals surface area contributed by atoms with Gasteiger partial charge in [-0.05, 0) is 25.1 Å². The Morgan fingerprint density at radius 2 is 2.00 bits per heavy atom. The molecule has 0 spiro atoms. The Hall–Kier alpha value is -2.99. The molecule has 0 radical (unpaired) electrons. The molecule has 118 valence electrons. The highest BCUT2D eigenvalue weighted by molar-refractivity contribution is 7.18. The van der Waals surface area contributed by atoms with Gasteiger partial charge in [0.15, 0.2) is 0 Å². The molecular weight excluding hydrogens is 320 g/mol. The standard InChI is InChI=1S/C18H14N4OS/c1-11-20-15-8-7-13(9-16(15)24-11)21-18(23)14-10-19-22-17(14)12-5-3-2-4-6-12/h2-10H,1H3,(H,19,22)(H,21,23). The van der Waals surface area contributed by atoms with E-state index < -0.39 is 0 Å². The second-order valence-electron chi connectivity index (χ2n) is 5.39. The number of benzene rings is 2. The number of hydrogen-bond donors (Lipinski definition) is 2. The second kappa shape index (κ2) is 5.90. The van der Waals surface area contributed by atoms with Gasteiger partial charge >= 0.3 is 0 Å². The maximum Gasteiger partial charge on any atom is 0.259 e. The smallest absolute Gasteiger partial charge is 0.259 e. The van der Waals surface area contributed by atoms with E-state index in [4.69, 9.17) is 0 Å². The summed E-state index contributed by atoms with van der Waals surface area (Å²) in [6, 6.07) is 15.4. The lowest BCUT2D eigenvalue weighted by atomic mass is 10.1. The molecule has 0 saturated heterocycles. The molecule has 0 aliphatic carbocycles. The molecule has 0 bridgehead atoms. The fraction of sp³-hybridized carbons (Fsp3) is 0.0556. The van der Waals surface area contributed by atoms with Crippen LogP contribution >= 0.6 is 11.3 Å². The molecule has 1 amide bonds. The zero-order chi connectivity index (χ0) is 16.5. The molecule has 4 aromatic rings. The number of thiazole rings is 1. The monoisotopic (exact) mass is 334 g/mol. The Labute approximate surface area is 142 Å². The summed E-state index contributed by atoms with van der Waals surface area (Å²) in [5.41, 5.74) is 3.85. The third kappa shape index (κ3) is 2.68. The first-order valence-electron chi connectivity index (χ1n) is 7.48. The number of hydrogen-bond acceptors (Lipinski definition) is 4. The number of amides is 1. The summed E-state index contributed by atoms with van der Waals surface area (Å²) in [7, 11) is 0. The van der Waals surface area contributed by atoms with Crippen LogP contribution < -0.4 is 5.32 Å². The summed E-state index contributed by atoms with van der Waals surface area (Å²) >= 11 is 1.61. The lowest BCUT2D eigenvalue weighted by molar-refractivity contribution is 0.102. The van der Waals surface area contributed by atoms with Crippen molar-refractivity contribution in [2.24, 2.45) is 0 Å². The average Bonchev–Trinajstić information content (AvgIpc) is 3.21. The molecule has 2 N–H and O–H groups in total. The number of aromatic amines is 1. The lowest BCUT2D eigenvalue weighted by Crippen LogP contribution is -2.12. The van der Waals surface area contributed by atoms with Gasteiger partial charge in [-0.1, -0.05) is 30.3 Å².